The van der Waals surface area contributed by atoms with Gasteiger partial charge in [-0.15, -0.1) is 0 Å². The molecule has 1 aliphatic carbocycles. The third-order valence-electron chi connectivity index (χ3n) is 3.94. The molecule has 0 saturated heterocycles. The Morgan fingerprint density at radius 3 is 2.47 bits per heavy atom. The summed E-state index contributed by atoms with van der Waals surface area (Å²) in [6, 6.07) is 8.57. The molecule has 0 unspecified atom stereocenters. The number of carboxylic acid groups (broad SMARTS) is 1. The second-order valence-electron chi connectivity index (χ2n) is 5.17. The summed E-state index contributed by atoms with van der Waals surface area (Å²) in [6.07, 6.45) is 4.75. The largest absolute Gasteiger partial charge is 0.481 e. The van der Waals surface area contributed by atoms with E-state index >= 15 is 0 Å². The van der Waals surface area contributed by atoms with E-state index in [2.05, 4.69) is 31.2 Å². The van der Waals surface area contributed by atoms with Crippen molar-refractivity contribution in [3.8, 4) is 0 Å². The molecule has 2 rings (SSSR count). The maximum atomic E-state index is 10.7. The number of carbonyl (C=O) groups is 1. The van der Waals surface area contributed by atoms with Gasteiger partial charge < -0.3 is 5.11 Å². The van der Waals surface area contributed by atoms with Crippen LogP contribution in [0.4, 0.5) is 0 Å². The molecule has 17 heavy (non-hydrogen) atoms. The summed E-state index contributed by atoms with van der Waals surface area (Å²) in [4.78, 5) is 10.7. The van der Waals surface area contributed by atoms with Gasteiger partial charge in [0.25, 0.3) is 0 Å². The third-order valence-corrected chi connectivity index (χ3v) is 3.94. The molecular formula is C15H20O2. The average Bonchev–Trinajstić information content (AvgIpc) is 2.30. The van der Waals surface area contributed by atoms with Gasteiger partial charge in [0, 0.05) is 6.42 Å². The van der Waals surface area contributed by atoms with Crippen molar-refractivity contribution in [3.63, 3.8) is 0 Å². The lowest BCUT2D eigenvalue weighted by molar-refractivity contribution is -0.138. The minimum atomic E-state index is -0.649. The van der Waals surface area contributed by atoms with Gasteiger partial charge in [0.15, 0.2) is 0 Å². The topological polar surface area (TPSA) is 37.3 Å². The minimum absolute atomic E-state index is 0.348. The van der Waals surface area contributed by atoms with Crippen molar-refractivity contribution in [2.45, 2.75) is 44.9 Å². The lowest BCUT2D eigenvalue weighted by Crippen LogP contribution is -2.16. The van der Waals surface area contributed by atoms with E-state index in [0.29, 0.717) is 18.3 Å². The predicted octanol–water partition coefficient (Wildman–Crippen LogP) is 3.74. The van der Waals surface area contributed by atoms with Crippen LogP contribution in [-0.4, -0.2) is 11.1 Å². The molecule has 0 bridgehead atoms. The highest BCUT2D eigenvalue weighted by Crippen LogP contribution is 2.37. The molecule has 1 aromatic carbocycles. The molecule has 1 fully saturated rings. The van der Waals surface area contributed by atoms with Crippen molar-refractivity contribution < 1.29 is 9.90 Å². The maximum Gasteiger partial charge on any atom is 0.303 e. The summed E-state index contributed by atoms with van der Waals surface area (Å²) in [5.74, 6) is 0.387. The van der Waals surface area contributed by atoms with Gasteiger partial charge in [-0.05, 0) is 55.6 Å². The fourth-order valence-corrected chi connectivity index (χ4v) is 2.97. The smallest absolute Gasteiger partial charge is 0.303 e. The monoisotopic (exact) mass is 232 g/mol. The lowest BCUT2D eigenvalue weighted by Gasteiger charge is -2.28. The Morgan fingerprint density at radius 1 is 1.24 bits per heavy atom. The summed E-state index contributed by atoms with van der Waals surface area (Å²) >= 11 is 0. The Labute approximate surface area is 103 Å². The number of aliphatic carboxylic acids is 1. The van der Waals surface area contributed by atoms with Crippen molar-refractivity contribution in [1.29, 1.82) is 0 Å². The van der Waals surface area contributed by atoms with E-state index in [1.54, 1.807) is 0 Å². The standard InChI is InChI=1S/C15H20O2/c1-11-4-2-3-5-14(11)13-8-6-12(7-9-13)10-15(16)17/h2-5,12-13H,6-10H2,1H3,(H,16,17). The van der Waals surface area contributed by atoms with Gasteiger partial charge in [0.1, 0.15) is 0 Å². The van der Waals surface area contributed by atoms with Gasteiger partial charge in [0.2, 0.25) is 0 Å². The Morgan fingerprint density at radius 2 is 1.88 bits per heavy atom. The van der Waals surface area contributed by atoms with E-state index < -0.39 is 5.97 Å². The van der Waals surface area contributed by atoms with E-state index in [1.165, 1.54) is 11.1 Å². The highest BCUT2D eigenvalue weighted by atomic mass is 16.4. The molecule has 0 radical (unpaired) electrons. The van der Waals surface area contributed by atoms with Crippen LogP contribution in [0.5, 0.6) is 0 Å². The van der Waals surface area contributed by atoms with Gasteiger partial charge in [-0.3, -0.25) is 4.79 Å². The molecule has 2 heteroatoms. The van der Waals surface area contributed by atoms with Crippen molar-refractivity contribution in [2.24, 2.45) is 5.92 Å². The normalized spacial score (nSPS) is 24.5. The molecule has 1 N–H and O–H groups in total. The van der Waals surface area contributed by atoms with E-state index in [-0.39, 0.29) is 0 Å². The molecule has 0 spiro atoms. The summed E-state index contributed by atoms with van der Waals surface area (Å²) in [5, 5.41) is 8.79. The summed E-state index contributed by atoms with van der Waals surface area (Å²) in [7, 11) is 0. The van der Waals surface area contributed by atoms with Crippen LogP contribution in [0.1, 0.15) is 49.1 Å². The molecule has 1 aliphatic rings. The number of carboxylic acids is 1. The Kier molecular flexibility index (Phi) is 3.82. The second kappa shape index (κ2) is 5.35. The summed E-state index contributed by atoms with van der Waals surface area (Å²) in [5.41, 5.74) is 2.83. The highest BCUT2D eigenvalue weighted by molar-refractivity contribution is 5.67. The Hall–Kier alpha value is -1.31. The molecule has 92 valence electrons. The Balaban J connectivity index is 1.95. The van der Waals surface area contributed by atoms with Crippen molar-refractivity contribution >= 4 is 5.97 Å². The molecule has 0 aliphatic heterocycles. The molecule has 0 aromatic heterocycles. The van der Waals surface area contributed by atoms with E-state index in [0.717, 1.165) is 25.7 Å². The maximum absolute atomic E-state index is 10.7. The first kappa shape index (κ1) is 12.2. The zero-order valence-electron chi connectivity index (χ0n) is 10.4. The van der Waals surface area contributed by atoms with Crippen LogP contribution in [0.15, 0.2) is 24.3 Å². The van der Waals surface area contributed by atoms with Crippen molar-refractivity contribution in [2.75, 3.05) is 0 Å². The van der Waals surface area contributed by atoms with Crippen LogP contribution >= 0.6 is 0 Å². The van der Waals surface area contributed by atoms with Gasteiger partial charge in [-0.25, -0.2) is 0 Å². The average molecular weight is 232 g/mol. The van der Waals surface area contributed by atoms with Crippen molar-refractivity contribution in [3.05, 3.63) is 35.4 Å². The van der Waals surface area contributed by atoms with Crippen LogP contribution in [0, 0.1) is 12.8 Å². The van der Waals surface area contributed by atoms with E-state index in [1.807, 2.05) is 0 Å². The summed E-state index contributed by atoms with van der Waals surface area (Å²) in [6.45, 7) is 2.17. The van der Waals surface area contributed by atoms with E-state index in [4.69, 9.17) is 5.11 Å². The van der Waals surface area contributed by atoms with Gasteiger partial charge in [-0.2, -0.15) is 0 Å². The first-order chi connectivity index (χ1) is 8.16. The molecule has 0 amide bonds. The molecule has 2 nitrogen and oxygen atoms in total. The van der Waals surface area contributed by atoms with Crippen LogP contribution in [-0.2, 0) is 4.79 Å². The molecule has 0 atom stereocenters. The first-order valence-corrected chi connectivity index (χ1v) is 6.44. The van der Waals surface area contributed by atoms with Crippen molar-refractivity contribution in [1.82, 2.24) is 0 Å². The fraction of sp³-hybridized carbons (Fsp3) is 0.533. The molecule has 1 aromatic rings. The second-order valence-corrected chi connectivity index (χ2v) is 5.17. The first-order valence-electron chi connectivity index (χ1n) is 6.44. The molecule has 0 heterocycles. The van der Waals surface area contributed by atoms with E-state index in [9.17, 15) is 4.79 Å². The predicted molar refractivity (Wildman–Crippen MR) is 68.1 cm³/mol. The lowest BCUT2D eigenvalue weighted by atomic mass is 9.76. The van der Waals surface area contributed by atoms with Gasteiger partial charge in [-0.1, -0.05) is 24.3 Å². The van der Waals surface area contributed by atoms with Crippen LogP contribution in [0.3, 0.4) is 0 Å². The van der Waals surface area contributed by atoms with Gasteiger partial charge >= 0.3 is 5.97 Å². The number of hydrogen-bond acceptors (Lipinski definition) is 1. The van der Waals surface area contributed by atoms with Crippen LogP contribution in [0.25, 0.3) is 0 Å². The number of rotatable bonds is 3. The molecular weight excluding hydrogens is 212 g/mol. The minimum Gasteiger partial charge on any atom is -0.481 e. The Bertz CT molecular complexity index is 390. The zero-order valence-corrected chi connectivity index (χ0v) is 10.4. The van der Waals surface area contributed by atoms with Crippen LogP contribution < -0.4 is 0 Å². The number of aryl methyl sites for hydroxylation is 1. The number of benzene rings is 1. The SMILES string of the molecule is Cc1ccccc1C1CCC(CC(=O)O)CC1. The molecule has 1 saturated carbocycles. The van der Waals surface area contributed by atoms with Crippen LogP contribution in [0.2, 0.25) is 0 Å². The quantitative estimate of drug-likeness (QED) is 0.861. The third kappa shape index (κ3) is 3.09. The fourth-order valence-electron chi connectivity index (χ4n) is 2.97. The number of hydrogen-bond donors (Lipinski definition) is 1. The zero-order chi connectivity index (χ0) is 12.3. The highest BCUT2D eigenvalue weighted by Gasteiger charge is 2.24. The van der Waals surface area contributed by atoms with Gasteiger partial charge in [0.05, 0.1) is 0 Å². The summed E-state index contributed by atoms with van der Waals surface area (Å²) < 4.78 is 0.